The van der Waals surface area contributed by atoms with Crippen LogP contribution in [0.3, 0.4) is 0 Å². The number of amides is 1. The van der Waals surface area contributed by atoms with Crippen LogP contribution in [0.5, 0.6) is 0 Å². The molecule has 0 radical (unpaired) electrons. The summed E-state index contributed by atoms with van der Waals surface area (Å²) in [5.74, 6) is -1.82. The molecular formula is C26H21F6NO3. The van der Waals surface area contributed by atoms with Crippen LogP contribution in [0.15, 0.2) is 66.7 Å². The highest BCUT2D eigenvalue weighted by atomic mass is 19.4. The van der Waals surface area contributed by atoms with E-state index < -0.39 is 41.8 Å². The summed E-state index contributed by atoms with van der Waals surface area (Å²) >= 11 is 0. The molecule has 36 heavy (non-hydrogen) atoms. The van der Waals surface area contributed by atoms with Crippen LogP contribution in [-0.4, -0.2) is 28.4 Å². The lowest BCUT2D eigenvalue weighted by atomic mass is 9.93. The average Bonchev–Trinajstić information content (AvgIpc) is 2.80. The molecule has 0 aromatic heterocycles. The summed E-state index contributed by atoms with van der Waals surface area (Å²) in [6.07, 6.45) is -10.2. The molecule has 0 atom stereocenters. The summed E-state index contributed by atoms with van der Waals surface area (Å²) in [7, 11) is 0. The van der Waals surface area contributed by atoms with Gasteiger partial charge in [0, 0.05) is 18.7 Å². The molecule has 0 fully saturated rings. The minimum atomic E-state index is -4.81. The van der Waals surface area contributed by atoms with Crippen LogP contribution in [0.25, 0.3) is 11.1 Å². The molecule has 0 saturated carbocycles. The second-order valence-corrected chi connectivity index (χ2v) is 8.04. The Morgan fingerprint density at radius 3 is 2.03 bits per heavy atom. The number of carbonyl (C=O) groups excluding carboxylic acids is 1. The van der Waals surface area contributed by atoms with Gasteiger partial charge in [0.25, 0.3) is 5.91 Å². The van der Waals surface area contributed by atoms with Crippen molar-refractivity contribution in [1.82, 2.24) is 4.90 Å². The number of halogens is 6. The summed E-state index contributed by atoms with van der Waals surface area (Å²) in [5.41, 5.74) is -2.12. The maximum Gasteiger partial charge on any atom is 0.416 e. The highest BCUT2D eigenvalue weighted by Crippen LogP contribution is 2.37. The maximum atomic E-state index is 13.5. The second-order valence-electron chi connectivity index (χ2n) is 8.04. The first-order valence-electron chi connectivity index (χ1n) is 10.8. The maximum absolute atomic E-state index is 13.5. The van der Waals surface area contributed by atoms with Gasteiger partial charge >= 0.3 is 18.3 Å². The molecule has 10 heteroatoms. The molecular weight excluding hydrogens is 488 g/mol. The van der Waals surface area contributed by atoms with E-state index in [1.54, 1.807) is 37.3 Å². The van der Waals surface area contributed by atoms with E-state index in [9.17, 15) is 35.9 Å². The summed E-state index contributed by atoms with van der Waals surface area (Å²) in [4.78, 5) is 25.4. The van der Waals surface area contributed by atoms with Gasteiger partial charge in [-0.25, -0.2) is 0 Å². The number of carbonyl (C=O) groups is 2. The first-order chi connectivity index (χ1) is 16.8. The minimum absolute atomic E-state index is 0.0278. The Balaban J connectivity index is 2.16. The molecule has 0 bridgehead atoms. The van der Waals surface area contributed by atoms with E-state index in [4.69, 9.17) is 5.11 Å². The highest BCUT2D eigenvalue weighted by molar-refractivity contribution is 5.94. The van der Waals surface area contributed by atoms with E-state index in [1.165, 1.54) is 11.0 Å². The molecule has 190 valence electrons. The normalized spacial score (nSPS) is 11.9. The third-order valence-corrected chi connectivity index (χ3v) is 5.47. The molecule has 0 aliphatic heterocycles. The van der Waals surface area contributed by atoms with Crippen molar-refractivity contribution in [2.24, 2.45) is 0 Å². The van der Waals surface area contributed by atoms with Crippen LogP contribution in [0.1, 0.15) is 39.5 Å². The van der Waals surface area contributed by atoms with E-state index >= 15 is 0 Å². The van der Waals surface area contributed by atoms with Crippen LogP contribution >= 0.6 is 0 Å². The zero-order valence-corrected chi connectivity index (χ0v) is 19.0. The van der Waals surface area contributed by atoms with Crippen molar-refractivity contribution >= 4 is 11.9 Å². The number of aliphatic carboxylic acids is 1. The third kappa shape index (κ3) is 6.44. The zero-order valence-electron chi connectivity index (χ0n) is 19.0. The van der Waals surface area contributed by atoms with Gasteiger partial charge in [-0.3, -0.25) is 9.59 Å². The number of carboxylic acids is 1. The Hall–Kier alpha value is -3.82. The molecule has 0 spiro atoms. The molecule has 3 aromatic rings. The second kappa shape index (κ2) is 10.4. The van der Waals surface area contributed by atoms with Gasteiger partial charge < -0.3 is 10.0 Å². The number of carboxylic acid groups (broad SMARTS) is 1. The Morgan fingerprint density at radius 2 is 1.47 bits per heavy atom. The van der Waals surface area contributed by atoms with E-state index in [0.717, 1.165) is 24.3 Å². The van der Waals surface area contributed by atoms with Crippen molar-refractivity contribution in [3.05, 3.63) is 94.5 Å². The van der Waals surface area contributed by atoms with Gasteiger partial charge in [0.05, 0.1) is 17.5 Å². The third-order valence-electron chi connectivity index (χ3n) is 5.47. The van der Waals surface area contributed by atoms with E-state index in [2.05, 4.69) is 0 Å². The molecule has 0 aliphatic carbocycles. The predicted molar refractivity (Wildman–Crippen MR) is 120 cm³/mol. The predicted octanol–water partition coefficient (Wildman–Crippen LogP) is 6.68. The lowest BCUT2D eigenvalue weighted by Crippen LogP contribution is -2.30. The number of rotatable bonds is 7. The van der Waals surface area contributed by atoms with Crippen molar-refractivity contribution in [2.45, 2.75) is 32.2 Å². The van der Waals surface area contributed by atoms with Crippen molar-refractivity contribution in [3.63, 3.8) is 0 Å². The van der Waals surface area contributed by atoms with Crippen molar-refractivity contribution in [3.8, 4) is 11.1 Å². The Labute approximate surface area is 202 Å². The van der Waals surface area contributed by atoms with Crippen LogP contribution in [0.4, 0.5) is 26.3 Å². The molecule has 1 N–H and O–H groups in total. The number of hydrogen-bond donors (Lipinski definition) is 1. The Morgan fingerprint density at radius 1 is 0.833 bits per heavy atom. The summed E-state index contributed by atoms with van der Waals surface area (Å²) in [6, 6.07) is 13.3. The topological polar surface area (TPSA) is 57.6 Å². The molecule has 3 rings (SSSR count). The number of hydrogen-bond acceptors (Lipinski definition) is 2. The number of alkyl halides is 6. The van der Waals surface area contributed by atoms with Gasteiger partial charge in [-0.2, -0.15) is 26.3 Å². The lowest BCUT2D eigenvalue weighted by molar-refractivity contribution is -0.138. The lowest BCUT2D eigenvalue weighted by Gasteiger charge is -2.24. The molecule has 0 heterocycles. The SMILES string of the molecule is CCN(Cc1cc(C(F)(F)F)ccc1-c1cc(CC(=O)O)cc(C(F)(F)F)c1)C(=O)c1ccccc1. The number of benzene rings is 3. The molecule has 4 nitrogen and oxygen atoms in total. The molecule has 0 aliphatic rings. The van der Waals surface area contributed by atoms with Gasteiger partial charge in [0.2, 0.25) is 0 Å². The van der Waals surface area contributed by atoms with Crippen molar-refractivity contribution in [1.29, 1.82) is 0 Å². The average molecular weight is 509 g/mol. The molecule has 1 amide bonds. The van der Waals surface area contributed by atoms with E-state index in [0.29, 0.717) is 11.6 Å². The van der Waals surface area contributed by atoms with Crippen molar-refractivity contribution in [2.75, 3.05) is 6.54 Å². The smallest absolute Gasteiger partial charge is 0.416 e. The summed E-state index contributed by atoms with van der Waals surface area (Å²) in [6.45, 7) is 1.44. The van der Waals surface area contributed by atoms with Gasteiger partial charge in [-0.05, 0) is 65.6 Å². The molecule has 0 unspecified atom stereocenters. The highest BCUT2D eigenvalue weighted by Gasteiger charge is 2.33. The van der Waals surface area contributed by atoms with Crippen LogP contribution in [0, 0.1) is 0 Å². The quantitative estimate of drug-likeness (QED) is 0.362. The fraction of sp³-hybridized carbons (Fsp3) is 0.231. The fourth-order valence-electron chi connectivity index (χ4n) is 3.77. The first-order valence-corrected chi connectivity index (χ1v) is 10.8. The van der Waals surface area contributed by atoms with Crippen molar-refractivity contribution < 1.29 is 41.0 Å². The minimum Gasteiger partial charge on any atom is -0.481 e. The first kappa shape index (κ1) is 26.8. The zero-order chi connectivity index (χ0) is 26.7. The molecule has 0 saturated heterocycles. The van der Waals surface area contributed by atoms with E-state index in [-0.39, 0.29) is 35.3 Å². The number of nitrogens with zero attached hydrogens (tertiary/aromatic N) is 1. The van der Waals surface area contributed by atoms with Gasteiger partial charge in [0.15, 0.2) is 0 Å². The standard InChI is InChI=1S/C26H21F6NO3/c1-2-33(24(36)17-6-4-3-5-7-17)15-19-14-20(25(27,28)29)8-9-22(19)18-10-16(12-23(34)35)11-21(13-18)26(30,31)32/h3-11,13-14H,2,12,15H2,1H3,(H,34,35). The summed E-state index contributed by atoms with van der Waals surface area (Å²) in [5, 5.41) is 9.07. The van der Waals surface area contributed by atoms with Gasteiger partial charge in [-0.15, -0.1) is 0 Å². The fourth-order valence-corrected chi connectivity index (χ4v) is 3.77. The Kier molecular flexibility index (Phi) is 7.76. The van der Waals surface area contributed by atoms with Crippen LogP contribution < -0.4 is 0 Å². The van der Waals surface area contributed by atoms with Gasteiger partial charge in [0.1, 0.15) is 0 Å². The van der Waals surface area contributed by atoms with E-state index in [1.807, 2.05) is 0 Å². The molecule has 3 aromatic carbocycles. The summed E-state index contributed by atoms with van der Waals surface area (Å²) < 4.78 is 81.0. The largest absolute Gasteiger partial charge is 0.481 e. The Bertz CT molecular complexity index is 1250. The monoisotopic (exact) mass is 509 g/mol. The van der Waals surface area contributed by atoms with Crippen LogP contribution in [-0.2, 0) is 30.1 Å². The van der Waals surface area contributed by atoms with Crippen LogP contribution in [0.2, 0.25) is 0 Å². The van der Waals surface area contributed by atoms with Gasteiger partial charge in [-0.1, -0.05) is 30.3 Å².